The molecule has 0 aromatic rings. The lowest BCUT2D eigenvalue weighted by atomic mass is 9.96. The van der Waals surface area contributed by atoms with Gasteiger partial charge in [0.25, 0.3) is 0 Å². The molecule has 0 radical (unpaired) electrons. The number of carbonyl (C=O) groups is 1. The minimum absolute atomic E-state index is 0. The lowest BCUT2D eigenvalue weighted by Gasteiger charge is -2.37. The monoisotopic (exact) mass is 305 g/mol. The van der Waals surface area contributed by atoms with Crippen LogP contribution in [0.15, 0.2) is 0 Å². The summed E-state index contributed by atoms with van der Waals surface area (Å²) in [5, 5.41) is 0. The fourth-order valence-electron chi connectivity index (χ4n) is 3.10. The van der Waals surface area contributed by atoms with E-state index in [1.807, 2.05) is 11.8 Å². The largest absolute Gasteiger partial charge is 0.450 e. The maximum atomic E-state index is 11.8. The number of nitrogens with two attached hydrogens (primary N) is 1. The normalized spacial score (nSPS) is 25.1. The van der Waals surface area contributed by atoms with Crippen LogP contribution in [-0.2, 0) is 4.74 Å². The molecule has 2 saturated heterocycles. The Hall–Kier alpha value is -0.520. The highest BCUT2D eigenvalue weighted by Crippen LogP contribution is 2.20. The van der Waals surface area contributed by atoms with Crippen molar-refractivity contribution in [2.24, 2.45) is 11.7 Å². The summed E-state index contributed by atoms with van der Waals surface area (Å²) >= 11 is 0. The number of hydrogen-bond donors (Lipinski definition) is 1. The predicted molar refractivity (Wildman–Crippen MR) is 82.2 cm³/mol. The van der Waals surface area contributed by atoms with Gasteiger partial charge < -0.3 is 20.3 Å². The molecule has 0 aliphatic carbocycles. The molecule has 118 valence electrons. The second-order valence-electron chi connectivity index (χ2n) is 5.79. The summed E-state index contributed by atoms with van der Waals surface area (Å²) in [4.78, 5) is 16.1. The molecule has 2 aliphatic heterocycles. The second-order valence-corrected chi connectivity index (χ2v) is 5.79. The first-order valence-corrected chi connectivity index (χ1v) is 7.58. The summed E-state index contributed by atoms with van der Waals surface area (Å²) in [6, 6.07) is 0.388. The number of hydrogen-bond acceptors (Lipinski definition) is 4. The molecule has 0 bridgehead atoms. The van der Waals surface area contributed by atoms with Gasteiger partial charge in [-0.3, -0.25) is 0 Å². The molecule has 0 aromatic heterocycles. The average molecular weight is 306 g/mol. The van der Waals surface area contributed by atoms with Gasteiger partial charge in [-0.15, -0.1) is 12.4 Å². The zero-order valence-corrected chi connectivity index (χ0v) is 13.2. The van der Waals surface area contributed by atoms with Crippen molar-refractivity contribution >= 4 is 18.5 Å². The van der Waals surface area contributed by atoms with E-state index >= 15 is 0 Å². The summed E-state index contributed by atoms with van der Waals surface area (Å²) in [7, 11) is 0. The summed E-state index contributed by atoms with van der Waals surface area (Å²) in [5.41, 5.74) is 5.93. The Morgan fingerprint density at radius 1 is 1.25 bits per heavy atom. The maximum absolute atomic E-state index is 11.8. The van der Waals surface area contributed by atoms with E-state index in [9.17, 15) is 4.79 Å². The van der Waals surface area contributed by atoms with Gasteiger partial charge in [-0.1, -0.05) is 0 Å². The molecule has 0 spiro atoms. The molecule has 2 heterocycles. The number of carbonyl (C=O) groups excluding carboxylic acids is 1. The Kier molecular flexibility index (Phi) is 7.62. The molecular formula is C14H28ClN3O2. The van der Waals surface area contributed by atoms with Crippen LogP contribution < -0.4 is 5.73 Å². The van der Waals surface area contributed by atoms with E-state index in [1.165, 1.54) is 6.42 Å². The minimum Gasteiger partial charge on any atom is -0.450 e. The van der Waals surface area contributed by atoms with Crippen molar-refractivity contribution in [3.63, 3.8) is 0 Å². The molecule has 0 aromatic carbocycles. The van der Waals surface area contributed by atoms with E-state index in [1.54, 1.807) is 0 Å². The SMILES string of the molecule is CCOC(=O)N1CCCC(CN2CCC(N)CC2)C1.Cl. The Morgan fingerprint density at radius 3 is 2.60 bits per heavy atom. The summed E-state index contributed by atoms with van der Waals surface area (Å²) < 4.78 is 5.09. The second kappa shape index (κ2) is 8.70. The van der Waals surface area contributed by atoms with Crippen molar-refractivity contribution in [1.82, 2.24) is 9.80 Å². The average Bonchev–Trinajstić information content (AvgIpc) is 2.42. The number of likely N-dealkylation sites (tertiary alicyclic amines) is 2. The van der Waals surface area contributed by atoms with Crippen molar-refractivity contribution in [1.29, 1.82) is 0 Å². The highest BCUT2D eigenvalue weighted by atomic mass is 35.5. The van der Waals surface area contributed by atoms with E-state index in [0.717, 1.165) is 52.0 Å². The first-order chi connectivity index (χ1) is 9.19. The fourth-order valence-corrected chi connectivity index (χ4v) is 3.10. The van der Waals surface area contributed by atoms with Gasteiger partial charge in [-0.25, -0.2) is 4.79 Å². The highest BCUT2D eigenvalue weighted by Gasteiger charge is 2.27. The third kappa shape index (κ3) is 5.11. The van der Waals surface area contributed by atoms with Crippen molar-refractivity contribution < 1.29 is 9.53 Å². The van der Waals surface area contributed by atoms with Crippen LogP contribution in [0.2, 0.25) is 0 Å². The Morgan fingerprint density at radius 2 is 1.95 bits per heavy atom. The van der Waals surface area contributed by atoms with Crippen molar-refractivity contribution in [3.8, 4) is 0 Å². The summed E-state index contributed by atoms with van der Waals surface area (Å²) in [5.74, 6) is 0.590. The number of halogens is 1. The van der Waals surface area contributed by atoms with Crippen LogP contribution in [-0.4, -0.2) is 61.3 Å². The van der Waals surface area contributed by atoms with Gasteiger partial charge in [-0.05, 0) is 51.6 Å². The van der Waals surface area contributed by atoms with Gasteiger partial charge in [0.2, 0.25) is 0 Å². The van der Waals surface area contributed by atoms with Gasteiger partial charge >= 0.3 is 6.09 Å². The quantitative estimate of drug-likeness (QED) is 0.862. The third-order valence-corrected chi connectivity index (χ3v) is 4.19. The molecule has 2 aliphatic rings. The zero-order chi connectivity index (χ0) is 13.7. The molecule has 1 amide bonds. The highest BCUT2D eigenvalue weighted by molar-refractivity contribution is 5.85. The number of amides is 1. The number of rotatable bonds is 3. The van der Waals surface area contributed by atoms with Gasteiger partial charge in [0.1, 0.15) is 0 Å². The zero-order valence-electron chi connectivity index (χ0n) is 12.4. The molecular weight excluding hydrogens is 278 g/mol. The van der Waals surface area contributed by atoms with E-state index in [4.69, 9.17) is 10.5 Å². The van der Waals surface area contributed by atoms with E-state index < -0.39 is 0 Å². The lowest BCUT2D eigenvalue weighted by Crippen LogP contribution is -2.46. The van der Waals surface area contributed by atoms with Crippen LogP contribution in [0, 0.1) is 5.92 Å². The summed E-state index contributed by atoms with van der Waals surface area (Å²) in [6.07, 6.45) is 4.38. The molecule has 20 heavy (non-hydrogen) atoms. The molecule has 1 unspecified atom stereocenters. The van der Waals surface area contributed by atoms with Crippen molar-refractivity contribution in [3.05, 3.63) is 0 Å². The van der Waals surface area contributed by atoms with Crippen LogP contribution in [0.3, 0.4) is 0 Å². The Balaban J connectivity index is 0.00000200. The van der Waals surface area contributed by atoms with Crippen LogP contribution in [0.25, 0.3) is 0 Å². The first kappa shape index (κ1) is 17.5. The third-order valence-electron chi connectivity index (χ3n) is 4.19. The molecule has 0 saturated carbocycles. The van der Waals surface area contributed by atoms with Gasteiger partial charge in [0, 0.05) is 25.7 Å². The van der Waals surface area contributed by atoms with Crippen molar-refractivity contribution in [2.75, 3.05) is 39.3 Å². The van der Waals surface area contributed by atoms with Gasteiger partial charge in [0.15, 0.2) is 0 Å². The van der Waals surface area contributed by atoms with Crippen molar-refractivity contribution in [2.45, 2.75) is 38.6 Å². The van der Waals surface area contributed by atoms with Crippen LogP contribution in [0.4, 0.5) is 4.79 Å². The van der Waals surface area contributed by atoms with Gasteiger partial charge in [-0.2, -0.15) is 0 Å². The smallest absolute Gasteiger partial charge is 0.409 e. The molecule has 6 heteroatoms. The first-order valence-electron chi connectivity index (χ1n) is 7.58. The standard InChI is InChI=1S/C14H27N3O2.ClH/c1-2-19-14(18)17-7-3-4-12(11-17)10-16-8-5-13(15)6-9-16;/h12-13H,2-11,15H2,1H3;1H. The Labute approximate surface area is 128 Å². The van der Waals surface area contributed by atoms with Crippen LogP contribution >= 0.6 is 12.4 Å². The minimum atomic E-state index is -0.145. The topological polar surface area (TPSA) is 58.8 Å². The van der Waals surface area contributed by atoms with Crippen LogP contribution in [0.5, 0.6) is 0 Å². The van der Waals surface area contributed by atoms with Gasteiger partial charge in [0.05, 0.1) is 6.61 Å². The van der Waals surface area contributed by atoms with E-state index in [0.29, 0.717) is 18.6 Å². The number of nitrogens with zero attached hydrogens (tertiary/aromatic N) is 2. The Bertz CT molecular complexity index is 296. The fraction of sp³-hybridized carbons (Fsp3) is 0.929. The molecule has 2 rings (SSSR count). The number of ether oxygens (including phenoxy) is 1. The molecule has 1 atom stereocenters. The number of piperidine rings is 2. The lowest BCUT2D eigenvalue weighted by molar-refractivity contribution is 0.0774. The predicted octanol–water partition coefficient (Wildman–Crippen LogP) is 1.70. The molecule has 5 nitrogen and oxygen atoms in total. The molecule has 2 N–H and O–H groups in total. The van der Waals surface area contributed by atoms with Crippen LogP contribution in [0.1, 0.15) is 32.6 Å². The summed E-state index contributed by atoms with van der Waals surface area (Å²) in [6.45, 7) is 7.33. The maximum Gasteiger partial charge on any atom is 0.409 e. The molecule has 2 fully saturated rings. The van der Waals surface area contributed by atoms with E-state index in [-0.39, 0.29) is 18.5 Å². The van der Waals surface area contributed by atoms with E-state index in [2.05, 4.69) is 4.90 Å².